The van der Waals surface area contributed by atoms with Gasteiger partial charge in [-0.25, -0.2) is 0 Å². The van der Waals surface area contributed by atoms with Gasteiger partial charge in [-0.05, 0) is 34.9 Å². The summed E-state index contributed by atoms with van der Waals surface area (Å²) in [5.41, 5.74) is 2.31. The summed E-state index contributed by atoms with van der Waals surface area (Å²) < 4.78 is 5.79. The Balaban J connectivity index is 1.66. The number of aliphatic hydroxyl groups is 1. The highest BCUT2D eigenvalue weighted by Crippen LogP contribution is 2.53. The van der Waals surface area contributed by atoms with Crippen LogP contribution < -0.4 is 4.74 Å². The molecule has 0 spiro atoms. The van der Waals surface area contributed by atoms with Gasteiger partial charge in [0.1, 0.15) is 12.4 Å². The quantitative estimate of drug-likeness (QED) is 0.907. The minimum Gasteiger partial charge on any atom is -0.487 e. The fourth-order valence-corrected chi connectivity index (χ4v) is 2.81. The zero-order valence-corrected chi connectivity index (χ0v) is 11.6. The number of aromatic nitrogens is 1. The largest absolute Gasteiger partial charge is 0.487 e. The van der Waals surface area contributed by atoms with Crippen molar-refractivity contribution in [2.45, 2.75) is 19.4 Å². The van der Waals surface area contributed by atoms with Crippen LogP contribution in [-0.4, -0.2) is 16.7 Å². The van der Waals surface area contributed by atoms with Crippen LogP contribution in [0, 0.1) is 11.8 Å². The van der Waals surface area contributed by atoms with E-state index in [-0.39, 0.29) is 6.61 Å². The highest BCUT2D eigenvalue weighted by molar-refractivity contribution is 5.32. The van der Waals surface area contributed by atoms with Crippen LogP contribution in [0.15, 0.2) is 48.8 Å². The predicted octanol–water partition coefficient (Wildman–Crippen LogP) is 3.00. The molecule has 0 saturated heterocycles. The molecular formula is C17H19NO2. The van der Waals surface area contributed by atoms with Crippen LogP contribution in [0.1, 0.15) is 24.0 Å². The Morgan fingerprint density at radius 3 is 2.70 bits per heavy atom. The molecule has 3 nitrogen and oxygen atoms in total. The molecular weight excluding hydrogens is 250 g/mol. The number of ether oxygens (including phenoxy) is 1. The first-order valence-corrected chi connectivity index (χ1v) is 7.02. The van der Waals surface area contributed by atoms with Crippen LogP contribution in [0.25, 0.3) is 0 Å². The van der Waals surface area contributed by atoms with Crippen LogP contribution in [0.2, 0.25) is 0 Å². The van der Waals surface area contributed by atoms with Gasteiger partial charge in [-0.2, -0.15) is 0 Å². The zero-order valence-electron chi connectivity index (χ0n) is 11.6. The molecule has 1 aromatic carbocycles. The van der Waals surface area contributed by atoms with Crippen LogP contribution in [-0.2, 0) is 6.61 Å². The molecule has 3 heteroatoms. The SMILES string of the molecule is C[C@H]1C(CO)[C@H]1c1cncc(OCc2ccccc2)c1. The van der Waals surface area contributed by atoms with Crippen molar-refractivity contribution in [3.63, 3.8) is 0 Å². The molecule has 1 unspecified atom stereocenters. The molecule has 3 rings (SSSR count). The van der Waals surface area contributed by atoms with Gasteiger partial charge in [0.05, 0.1) is 6.20 Å². The van der Waals surface area contributed by atoms with Crippen molar-refractivity contribution in [3.8, 4) is 5.75 Å². The van der Waals surface area contributed by atoms with Crippen LogP contribution in [0.5, 0.6) is 5.75 Å². The number of aliphatic hydroxyl groups excluding tert-OH is 1. The summed E-state index contributed by atoms with van der Waals surface area (Å²) in [6.45, 7) is 2.97. The van der Waals surface area contributed by atoms with E-state index in [2.05, 4.69) is 11.9 Å². The molecule has 1 fully saturated rings. The Bertz CT molecular complexity index is 570. The number of hydrogen-bond donors (Lipinski definition) is 1. The standard InChI is InChI=1S/C17H19NO2/c1-12-16(10-19)17(12)14-7-15(9-18-8-14)20-11-13-5-3-2-4-6-13/h2-9,12,16-17,19H,10-11H2,1H3/t12-,16?,17+/m0/s1. The first-order chi connectivity index (χ1) is 9.79. The van der Waals surface area contributed by atoms with Crippen LogP contribution in [0.4, 0.5) is 0 Å². The molecule has 104 valence electrons. The van der Waals surface area contributed by atoms with Crippen molar-refractivity contribution in [3.05, 3.63) is 59.9 Å². The minimum absolute atomic E-state index is 0.251. The normalized spacial score (nSPS) is 24.4. The van der Waals surface area contributed by atoms with E-state index in [1.807, 2.05) is 42.6 Å². The fraction of sp³-hybridized carbons (Fsp3) is 0.353. The van der Waals surface area contributed by atoms with E-state index in [1.165, 1.54) is 5.56 Å². The predicted molar refractivity (Wildman–Crippen MR) is 77.5 cm³/mol. The Labute approximate surface area is 119 Å². The summed E-state index contributed by atoms with van der Waals surface area (Å²) in [6, 6.07) is 12.1. The summed E-state index contributed by atoms with van der Waals surface area (Å²) in [5.74, 6) is 2.13. The Morgan fingerprint density at radius 2 is 2.00 bits per heavy atom. The highest BCUT2D eigenvalue weighted by atomic mass is 16.5. The summed E-state index contributed by atoms with van der Waals surface area (Å²) >= 11 is 0. The number of hydrogen-bond acceptors (Lipinski definition) is 3. The number of benzene rings is 1. The van der Waals surface area contributed by atoms with Gasteiger partial charge >= 0.3 is 0 Å². The van der Waals surface area contributed by atoms with Gasteiger partial charge < -0.3 is 9.84 Å². The lowest BCUT2D eigenvalue weighted by atomic mass is 10.1. The number of pyridine rings is 1. The third kappa shape index (κ3) is 2.68. The second-order valence-electron chi connectivity index (χ2n) is 5.46. The Morgan fingerprint density at radius 1 is 1.20 bits per heavy atom. The van der Waals surface area contributed by atoms with Gasteiger partial charge in [0, 0.05) is 12.8 Å². The molecule has 0 bridgehead atoms. The monoisotopic (exact) mass is 269 g/mol. The van der Waals surface area contributed by atoms with E-state index >= 15 is 0 Å². The average Bonchev–Trinajstić information content (AvgIpc) is 3.17. The van der Waals surface area contributed by atoms with E-state index in [1.54, 1.807) is 6.20 Å². The van der Waals surface area contributed by atoms with Crippen molar-refractivity contribution in [1.29, 1.82) is 0 Å². The lowest BCUT2D eigenvalue weighted by Gasteiger charge is -2.07. The molecule has 0 amide bonds. The molecule has 1 saturated carbocycles. The third-order valence-electron chi connectivity index (χ3n) is 4.14. The number of rotatable bonds is 5. The molecule has 20 heavy (non-hydrogen) atoms. The van der Waals surface area contributed by atoms with Crippen molar-refractivity contribution < 1.29 is 9.84 Å². The van der Waals surface area contributed by atoms with Crippen LogP contribution >= 0.6 is 0 Å². The van der Waals surface area contributed by atoms with Gasteiger partial charge in [-0.15, -0.1) is 0 Å². The lowest BCUT2D eigenvalue weighted by Crippen LogP contribution is -1.97. The molecule has 3 atom stereocenters. The van der Waals surface area contributed by atoms with Crippen molar-refractivity contribution in [2.75, 3.05) is 6.61 Å². The summed E-state index contributed by atoms with van der Waals surface area (Å²) in [7, 11) is 0. The molecule has 1 N–H and O–H groups in total. The summed E-state index contributed by atoms with van der Waals surface area (Å²) in [6.07, 6.45) is 3.62. The molecule has 0 aliphatic heterocycles. The maximum absolute atomic E-state index is 9.28. The highest BCUT2D eigenvalue weighted by Gasteiger charge is 2.47. The summed E-state index contributed by atoms with van der Waals surface area (Å²) in [5, 5.41) is 9.28. The van der Waals surface area contributed by atoms with Gasteiger partial charge in [0.2, 0.25) is 0 Å². The van der Waals surface area contributed by atoms with E-state index in [0.29, 0.717) is 24.4 Å². The number of nitrogens with zero attached hydrogens (tertiary/aromatic N) is 1. The Kier molecular flexibility index (Phi) is 3.70. The van der Waals surface area contributed by atoms with E-state index in [0.717, 1.165) is 11.3 Å². The van der Waals surface area contributed by atoms with Crippen molar-refractivity contribution in [1.82, 2.24) is 4.98 Å². The first-order valence-electron chi connectivity index (χ1n) is 7.02. The molecule has 1 heterocycles. The smallest absolute Gasteiger partial charge is 0.138 e. The van der Waals surface area contributed by atoms with Gasteiger partial charge in [-0.1, -0.05) is 37.3 Å². The maximum atomic E-state index is 9.28. The van der Waals surface area contributed by atoms with E-state index in [9.17, 15) is 5.11 Å². The Hall–Kier alpha value is -1.87. The minimum atomic E-state index is 0.251. The topological polar surface area (TPSA) is 42.4 Å². The first kappa shape index (κ1) is 13.1. The second kappa shape index (κ2) is 5.63. The molecule has 2 aromatic rings. The molecule has 1 aliphatic carbocycles. The van der Waals surface area contributed by atoms with E-state index in [4.69, 9.17) is 4.74 Å². The third-order valence-corrected chi connectivity index (χ3v) is 4.14. The second-order valence-corrected chi connectivity index (χ2v) is 5.46. The molecule has 0 radical (unpaired) electrons. The van der Waals surface area contributed by atoms with Gasteiger partial charge in [0.15, 0.2) is 0 Å². The van der Waals surface area contributed by atoms with Gasteiger partial charge in [0.25, 0.3) is 0 Å². The van der Waals surface area contributed by atoms with Crippen LogP contribution in [0.3, 0.4) is 0 Å². The molecule has 1 aromatic heterocycles. The average molecular weight is 269 g/mol. The van der Waals surface area contributed by atoms with E-state index < -0.39 is 0 Å². The van der Waals surface area contributed by atoms with Crippen molar-refractivity contribution in [2.24, 2.45) is 11.8 Å². The van der Waals surface area contributed by atoms with Crippen molar-refractivity contribution >= 4 is 0 Å². The van der Waals surface area contributed by atoms with Gasteiger partial charge in [-0.3, -0.25) is 4.98 Å². The lowest BCUT2D eigenvalue weighted by molar-refractivity contribution is 0.268. The maximum Gasteiger partial charge on any atom is 0.138 e. The summed E-state index contributed by atoms with van der Waals surface area (Å²) in [4.78, 5) is 4.25. The zero-order chi connectivity index (χ0) is 13.9. The molecule has 1 aliphatic rings. The fourth-order valence-electron chi connectivity index (χ4n) is 2.81.